The Bertz CT molecular complexity index is 373. The lowest BCUT2D eigenvalue weighted by molar-refractivity contribution is -0.179. The number of hydrogen-bond acceptors (Lipinski definition) is 1. The Labute approximate surface area is 103 Å². The third-order valence-corrected chi connectivity index (χ3v) is 4.08. The quantitative estimate of drug-likeness (QED) is 0.726. The maximum atomic E-state index is 13.3. The topological polar surface area (TPSA) is 12.9 Å². The maximum absolute atomic E-state index is 13.3. The molecule has 1 aromatic rings. The van der Waals surface area contributed by atoms with Gasteiger partial charge in [0.15, 0.2) is 4.87 Å². The van der Waals surface area contributed by atoms with Crippen LogP contribution >= 0.6 is 11.6 Å². The van der Waals surface area contributed by atoms with E-state index in [1.54, 1.807) is 12.1 Å². The Kier molecular flexibility index (Phi) is 3.34. The van der Waals surface area contributed by atoms with E-state index in [1.807, 2.05) is 0 Å². The van der Waals surface area contributed by atoms with Gasteiger partial charge in [-0.2, -0.15) is 13.2 Å². The van der Waals surface area contributed by atoms with Crippen LogP contribution in [0.4, 0.5) is 13.2 Å². The largest absolute Gasteiger partial charge is 0.413 e. The molecule has 1 aliphatic rings. The zero-order chi connectivity index (χ0) is 12.5. The molecule has 0 N–H and O–H groups in total. The zero-order valence-corrected chi connectivity index (χ0v) is 9.93. The van der Waals surface area contributed by atoms with Crippen molar-refractivity contribution in [3.8, 4) is 0 Å². The van der Waals surface area contributed by atoms with Crippen LogP contribution in [-0.4, -0.2) is 11.2 Å². The summed E-state index contributed by atoms with van der Waals surface area (Å²) in [6.07, 6.45) is -0.478. The van der Waals surface area contributed by atoms with Crippen molar-refractivity contribution in [3.05, 3.63) is 30.1 Å². The van der Waals surface area contributed by atoms with E-state index in [0.29, 0.717) is 12.8 Å². The Morgan fingerprint density at radius 2 is 1.82 bits per heavy atom. The van der Waals surface area contributed by atoms with Crippen LogP contribution in [0.5, 0.6) is 0 Å². The Morgan fingerprint density at radius 1 is 1.18 bits per heavy atom. The summed E-state index contributed by atoms with van der Waals surface area (Å²) in [5, 5.41) is 0. The normalized spacial score (nSPS) is 21.4. The van der Waals surface area contributed by atoms with Crippen LogP contribution in [0.1, 0.15) is 31.4 Å². The smallest absolute Gasteiger partial charge is 0.259 e. The fourth-order valence-electron chi connectivity index (χ4n) is 2.49. The molecule has 1 fully saturated rings. The van der Waals surface area contributed by atoms with Gasteiger partial charge in [0.1, 0.15) is 0 Å². The van der Waals surface area contributed by atoms with Gasteiger partial charge in [-0.1, -0.05) is 18.9 Å². The molecule has 0 amide bonds. The number of alkyl halides is 4. The highest BCUT2D eigenvalue weighted by atomic mass is 35.5. The summed E-state index contributed by atoms with van der Waals surface area (Å²) in [5.41, 5.74) is -0.0823. The molecule has 0 bridgehead atoms. The van der Waals surface area contributed by atoms with Gasteiger partial charge in [-0.25, -0.2) is 0 Å². The van der Waals surface area contributed by atoms with Gasteiger partial charge in [0.2, 0.25) is 0 Å². The van der Waals surface area contributed by atoms with Crippen LogP contribution in [0, 0.1) is 5.92 Å². The van der Waals surface area contributed by atoms with Gasteiger partial charge in [0.25, 0.3) is 0 Å². The molecule has 2 rings (SSSR count). The predicted molar refractivity (Wildman–Crippen MR) is 59.8 cm³/mol. The molecule has 1 atom stereocenters. The van der Waals surface area contributed by atoms with E-state index in [2.05, 4.69) is 4.98 Å². The third-order valence-electron chi connectivity index (χ3n) is 3.37. The number of aromatic nitrogens is 1. The monoisotopic (exact) mass is 263 g/mol. The lowest BCUT2D eigenvalue weighted by atomic mass is 9.86. The Hall–Kier alpha value is -0.770. The summed E-state index contributed by atoms with van der Waals surface area (Å²) in [6, 6.07) is 4.49. The van der Waals surface area contributed by atoms with E-state index in [4.69, 9.17) is 11.6 Å². The summed E-state index contributed by atoms with van der Waals surface area (Å²) in [6.45, 7) is 0. The summed E-state index contributed by atoms with van der Waals surface area (Å²) in [5.74, 6) is -0.570. The molecule has 1 aromatic heterocycles. The maximum Gasteiger partial charge on any atom is 0.413 e. The van der Waals surface area contributed by atoms with E-state index in [0.717, 1.165) is 12.8 Å². The second-order valence-corrected chi connectivity index (χ2v) is 5.00. The Balaban J connectivity index is 2.44. The summed E-state index contributed by atoms with van der Waals surface area (Å²) in [7, 11) is 0. The molecule has 0 radical (unpaired) electrons. The first-order valence-corrected chi connectivity index (χ1v) is 6.01. The van der Waals surface area contributed by atoms with Gasteiger partial charge >= 0.3 is 6.18 Å². The summed E-state index contributed by atoms with van der Waals surface area (Å²) >= 11 is 5.96. The van der Waals surface area contributed by atoms with Crippen molar-refractivity contribution in [2.45, 2.75) is 36.7 Å². The Morgan fingerprint density at radius 3 is 2.29 bits per heavy atom. The minimum absolute atomic E-state index is 0.0823. The highest BCUT2D eigenvalue weighted by Crippen LogP contribution is 2.54. The molecule has 1 heterocycles. The molecule has 0 saturated heterocycles. The van der Waals surface area contributed by atoms with Crippen molar-refractivity contribution >= 4 is 11.6 Å². The first-order chi connectivity index (χ1) is 7.96. The van der Waals surface area contributed by atoms with Crippen LogP contribution in [0.25, 0.3) is 0 Å². The van der Waals surface area contributed by atoms with Gasteiger partial charge in [0, 0.05) is 6.20 Å². The summed E-state index contributed by atoms with van der Waals surface area (Å²) in [4.78, 5) is 1.48. The van der Waals surface area contributed by atoms with Crippen molar-refractivity contribution < 1.29 is 13.2 Å². The van der Waals surface area contributed by atoms with Gasteiger partial charge in [-0.3, -0.25) is 4.98 Å². The number of nitrogens with zero attached hydrogens (tertiary/aromatic N) is 1. The van der Waals surface area contributed by atoms with Crippen LogP contribution in [0.3, 0.4) is 0 Å². The molecule has 5 heteroatoms. The van der Waals surface area contributed by atoms with E-state index < -0.39 is 17.0 Å². The van der Waals surface area contributed by atoms with E-state index >= 15 is 0 Å². The van der Waals surface area contributed by atoms with Crippen LogP contribution in [0.15, 0.2) is 24.4 Å². The molecule has 1 saturated carbocycles. The summed E-state index contributed by atoms with van der Waals surface area (Å²) < 4.78 is 39.8. The van der Waals surface area contributed by atoms with Crippen molar-refractivity contribution in [1.29, 1.82) is 0 Å². The van der Waals surface area contributed by atoms with Crippen LogP contribution in [-0.2, 0) is 4.87 Å². The first kappa shape index (κ1) is 12.7. The predicted octanol–water partition coefficient (Wildman–Crippen LogP) is 4.27. The number of rotatable bonds is 2. The number of halogens is 4. The van der Waals surface area contributed by atoms with E-state index in [9.17, 15) is 13.2 Å². The highest BCUT2D eigenvalue weighted by molar-refractivity contribution is 6.24. The van der Waals surface area contributed by atoms with Gasteiger partial charge < -0.3 is 0 Å². The second-order valence-electron chi connectivity index (χ2n) is 4.41. The molecule has 0 aromatic carbocycles. The lowest BCUT2D eigenvalue weighted by Gasteiger charge is -2.34. The molecule has 0 spiro atoms. The van der Waals surface area contributed by atoms with E-state index in [1.165, 1.54) is 12.3 Å². The van der Waals surface area contributed by atoms with Crippen LogP contribution < -0.4 is 0 Å². The minimum Gasteiger partial charge on any atom is -0.259 e. The molecule has 1 aliphatic carbocycles. The molecular weight excluding hydrogens is 251 g/mol. The van der Waals surface area contributed by atoms with Crippen LogP contribution in [0.2, 0.25) is 0 Å². The number of hydrogen-bond donors (Lipinski definition) is 0. The van der Waals surface area contributed by atoms with Gasteiger partial charge in [-0.15, -0.1) is 11.6 Å². The van der Waals surface area contributed by atoms with Crippen molar-refractivity contribution in [2.75, 3.05) is 0 Å². The third kappa shape index (κ3) is 2.15. The minimum atomic E-state index is -4.47. The molecular formula is C12H13ClF3N. The van der Waals surface area contributed by atoms with Crippen molar-refractivity contribution in [1.82, 2.24) is 4.98 Å². The molecule has 0 aliphatic heterocycles. The average molecular weight is 264 g/mol. The fourth-order valence-corrected chi connectivity index (χ4v) is 2.82. The van der Waals surface area contributed by atoms with Gasteiger partial charge in [0.05, 0.1) is 5.69 Å². The average Bonchev–Trinajstić information content (AvgIpc) is 2.81. The van der Waals surface area contributed by atoms with Crippen molar-refractivity contribution in [2.24, 2.45) is 5.92 Å². The van der Waals surface area contributed by atoms with Crippen molar-refractivity contribution in [3.63, 3.8) is 0 Å². The van der Waals surface area contributed by atoms with E-state index in [-0.39, 0.29) is 5.69 Å². The second kappa shape index (κ2) is 4.48. The number of pyridine rings is 1. The highest BCUT2D eigenvalue weighted by Gasteiger charge is 2.60. The molecule has 94 valence electrons. The lowest BCUT2D eigenvalue weighted by Crippen LogP contribution is -2.43. The standard InChI is InChI=1S/C12H13ClF3N/c13-11(12(14,15)16,9-5-1-2-6-9)10-7-3-4-8-17-10/h3-4,7-9H,1-2,5-6H2. The van der Waals surface area contributed by atoms with Gasteiger partial charge in [-0.05, 0) is 30.9 Å². The molecule has 1 unspecified atom stereocenters. The first-order valence-electron chi connectivity index (χ1n) is 5.63. The molecule has 1 nitrogen and oxygen atoms in total. The zero-order valence-electron chi connectivity index (χ0n) is 9.17. The SMILES string of the molecule is FC(F)(F)C(Cl)(c1ccccn1)C1CCCC1. The fraction of sp³-hybridized carbons (Fsp3) is 0.583. The molecule has 17 heavy (non-hydrogen) atoms.